The molecule has 0 unspecified atom stereocenters. The summed E-state index contributed by atoms with van der Waals surface area (Å²) in [6, 6.07) is 10.3. The molecule has 2 aliphatic rings. The second kappa shape index (κ2) is 7.89. The molecule has 2 fully saturated rings. The zero-order valence-electron chi connectivity index (χ0n) is 15.2. The number of H-pyrrole nitrogens is 1. The summed E-state index contributed by atoms with van der Waals surface area (Å²) in [7, 11) is 0. The summed E-state index contributed by atoms with van der Waals surface area (Å²) < 4.78 is 0. The maximum absolute atomic E-state index is 12.9. The summed E-state index contributed by atoms with van der Waals surface area (Å²) in [5.41, 5.74) is 1.19. The number of piperidine rings is 1. The van der Waals surface area contributed by atoms with Crippen LogP contribution in [0.2, 0.25) is 0 Å². The average molecular weight is 353 g/mol. The Bertz CT molecular complexity index is 723. The summed E-state index contributed by atoms with van der Waals surface area (Å²) >= 11 is 0. The highest BCUT2D eigenvalue weighted by Crippen LogP contribution is 2.32. The molecular weight excluding hydrogens is 326 g/mol. The van der Waals surface area contributed by atoms with Gasteiger partial charge in [-0.2, -0.15) is 4.98 Å². The van der Waals surface area contributed by atoms with E-state index in [0.29, 0.717) is 11.9 Å². The number of urea groups is 1. The second-order valence-corrected chi connectivity index (χ2v) is 7.43. The van der Waals surface area contributed by atoms with Crippen molar-refractivity contribution < 1.29 is 4.79 Å². The fraction of sp³-hybridized carbons (Fsp3) is 0.550. The molecule has 1 saturated carbocycles. The quantitative estimate of drug-likeness (QED) is 0.846. The van der Waals surface area contributed by atoms with E-state index in [0.717, 1.165) is 44.5 Å². The number of nitrogens with zero attached hydrogens (tertiary/aromatic N) is 3. The minimum absolute atomic E-state index is 0.104. The zero-order chi connectivity index (χ0) is 17.8. The van der Waals surface area contributed by atoms with E-state index in [1.807, 2.05) is 23.1 Å². The SMILES string of the molecule is O=C(Nc1n[nH]c(C2CCCCC2)n1)N1CCCC[C@@H]1c1ccccc1. The van der Waals surface area contributed by atoms with Crippen LogP contribution in [0.5, 0.6) is 0 Å². The number of rotatable bonds is 3. The number of anilines is 1. The number of aromatic nitrogens is 3. The van der Waals surface area contributed by atoms with Crippen LogP contribution in [0, 0.1) is 0 Å². The highest BCUT2D eigenvalue weighted by atomic mass is 16.2. The number of carbonyl (C=O) groups is 1. The minimum Gasteiger partial charge on any atom is -0.317 e. The fourth-order valence-corrected chi connectivity index (χ4v) is 4.25. The van der Waals surface area contributed by atoms with E-state index in [4.69, 9.17) is 0 Å². The van der Waals surface area contributed by atoms with Crippen LogP contribution in [0.15, 0.2) is 30.3 Å². The topological polar surface area (TPSA) is 73.9 Å². The maximum atomic E-state index is 12.9. The van der Waals surface area contributed by atoms with Crippen LogP contribution < -0.4 is 5.32 Å². The highest BCUT2D eigenvalue weighted by Gasteiger charge is 2.29. The second-order valence-electron chi connectivity index (χ2n) is 7.43. The third kappa shape index (κ3) is 3.74. The smallest absolute Gasteiger partial charge is 0.317 e. The molecule has 1 saturated heterocycles. The third-order valence-corrected chi connectivity index (χ3v) is 5.66. The Hall–Kier alpha value is -2.37. The van der Waals surface area contributed by atoms with E-state index in [2.05, 4.69) is 32.6 Å². The van der Waals surface area contributed by atoms with Crippen LogP contribution in [-0.4, -0.2) is 32.7 Å². The summed E-state index contributed by atoms with van der Waals surface area (Å²) in [6.07, 6.45) is 9.31. The van der Waals surface area contributed by atoms with Gasteiger partial charge in [-0.15, -0.1) is 5.10 Å². The van der Waals surface area contributed by atoms with Crippen molar-refractivity contribution in [1.82, 2.24) is 20.1 Å². The van der Waals surface area contributed by atoms with Gasteiger partial charge in [-0.05, 0) is 37.7 Å². The van der Waals surface area contributed by atoms with Crippen LogP contribution in [-0.2, 0) is 0 Å². The lowest BCUT2D eigenvalue weighted by atomic mass is 9.89. The van der Waals surface area contributed by atoms with E-state index in [-0.39, 0.29) is 12.1 Å². The first-order valence-corrected chi connectivity index (χ1v) is 9.86. The Labute approximate surface area is 154 Å². The van der Waals surface area contributed by atoms with Crippen LogP contribution in [0.3, 0.4) is 0 Å². The lowest BCUT2D eigenvalue weighted by molar-refractivity contribution is 0.163. The van der Waals surface area contributed by atoms with E-state index in [1.165, 1.54) is 24.8 Å². The van der Waals surface area contributed by atoms with Crippen molar-refractivity contribution in [2.75, 3.05) is 11.9 Å². The number of benzene rings is 1. The zero-order valence-corrected chi connectivity index (χ0v) is 15.2. The van der Waals surface area contributed by atoms with Gasteiger partial charge < -0.3 is 4.90 Å². The van der Waals surface area contributed by atoms with Gasteiger partial charge in [-0.1, -0.05) is 49.6 Å². The summed E-state index contributed by atoms with van der Waals surface area (Å²) in [6.45, 7) is 0.769. The van der Waals surface area contributed by atoms with E-state index in [9.17, 15) is 4.79 Å². The van der Waals surface area contributed by atoms with Gasteiger partial charge in [-0.25, -0.2) is 4.79 Å². The lowest BCUT2D eigenvalue weighted by Gasteiger charge is -2.35. The van der Waals surface area contributed by atoms with Crippen LogP contribution in [0.25, 0.3) is 0 Å². The lowest BCUT2D eigenvalue weighted by Crippen LogP contribution is -2.41. The Morgan fingerprint density at radius 3 is 2.62 bits per heavy atom. The van der Waals surface area contributed by atoms with Gasteiger partial charge in [0.15, 0.2) is 0 Å². The molecular formula is C20H27N5O. The normalized spacial score (nSPS) is 21.5. The van der Waals surface area contributed by atoms with Gasteiger partial charge in [-0.3, -0.25) is 10.4 Å². The van der Waals surface area contributed by atoms with Gasteiger partial charge in [0, 0.05) is 12.5 Å². The molecule has 1 aliphatic heterocycles. The van der Waals surface area contributed by atoms with E-state index in [1.54, 1.807) is 0 Å². The molecule has 138 valence electrons. The van der Waals surface area contributed by atoms with Gasteiger partial charge >= 0.3 is 6.03 Å². The number of likely N-dealkylation sites (tertiary alicyclic amines) is 1. The molecule has 2 heterocycles. The van der Waals surface area contributed by atoms with Gasteiger partial charge in [0.1, 0.15) is 5.82 Å². The number of amides is 2. The first kappa shape index (κ1) is 17.1. The van der Waals surface area contributed by atoms with Crippen molar-refractivity contribution in [1.29, 1.82) is 0 Å². The largest absolute Gasteiger partial charge is 0.324 e. The molecule has 1 aromatic heterocycles. The molecule has 1 aromatic carbocycles. The molecule has 6 heteroatoms. The summed E-state index contributed by atoms with van der Waals surface area (Å²) in [5, 5.41) is 10.2. The Morgan fingerprint density at radius 1 is 1.04 bits per heavy atom. The first-order chi connectivity index (χ1) is 12.8. The molecule has 1 atom stereocenters. The van der Waals surface area contributed by atoms with E-state index < -0.39 is 0 Å². The van der Waals surface area contributed by atoms with E-state index >= 15 is 0 Å². The average Bonchev–Trinajstić information content (AvgIpc) is 3.18. The van der Waals surface area contributed by atoms with Crippen molar-refractivity contribution in [3.63, 3.8) is 0 Å². The minimum atomic E-state index is -0.104. The molecule has 6 nitrogen and oxygen atoms in total. The predicted molar refractivity (Wildman–Crippen MR) is 101 cm³/mol. The van der Waals surface area contributed by atoms with Crippen molar-refractivity contribution in [3.05, 3.63) is 41.7 Å². The first-order valence-electron chi connectivity index (χ1n) is 9.86. The number of hydrogen-bond acceptors (Lipinski definition) is 3. The number of carbonyl (C=O) groups excluding carboxylic acids is 1. The molecule has 0 spiro atoms. The van der Waals surface area contributed by atoms with Crippen molar-refractivity contribution >= 4 is 12.0 Å². The number of nitrogens with one attached hydrogen (secondary N) is 2. The molecule has 0 radical (unpaired) electrons. The Kier molecular flexibility index (Phi) is 5.18. The predicted octanol–water partition coefficient (Wildman–Crippen LogP) is 4.61. The van der Waals surface area contributed by atoms with Crippen LogP contribution >= 0.6 is 0 Å². The number of hydrogen-bond donors (Lipinski definition) is 2. The molecule has 2 aromatic rings. The van der Waals surface area contributed by atoms with Crippen molar-refractivity contribution in [2.24, 2.45) is 0 Å². The van der Waals surface area contributed by atoms with Gasteiger partial charge in [0.05, 0.1) is 6.04 Å². The highest BCUT2D eigenvalue weighted by molar-refractivity contribution is 5.87. The summed E-state index contributed by atoms with van der Waals surface area (Å²) in [4.78, 5) is 19.3. The molecule has 4 rings (SSSR count). The standard InChI is InChI=1S/C20H27N5O/c26-20(22-19-21-18(23-24-19)16-11-5-2-6-12-16)25-14-8-7-13-17(25)15-9-3-1-4-10-15/h1,3-4,9-10,16-17H,2,5-8,11-14H2,(H2,21,22,23,24,26)/t17-/m1/s1. The van der Waals surface area contributed by atoms with Gasteiger partial charge in [0.25, 0.3) is 0 Å². The summed E-state index contributed by atoms with van der Waals surface area (Å²) in [5.74, 6) is 1.76. The van der Waals surface area contributed by atoms with Crippen molar-refractivity contribution in [2.45, 2.75) is 63.3 Å². The monoisotopic (exact) mass is 353 g/mol. The van der Waals surface area contributed by atoms with Gasteiger partial charge in [0.2, 0.25) is 5.95 Å². The number of aromatic amines is 1. The molecule has 26 heavy (non-hydrogen) atoms. The fourth-order valence-electron chi connectivity index (χ4n) is 4.25. The molecule has 2 N–H and O–H groups in total. The van der Waals surface area contributed by atoms with Crippen molar-refractivity contribution in [3.8, 4) is 0 Å². The third-order valence-electron chi connectivity index (χ3n) is 5.66. The molecule has 1 aliphatic carbocycles. The molecule has 2 amide bonds. The Balaban J connectivity index is 1.44. The van der Waals surface area contributed by atoms with Crippen LogP contribution in [0.4, 0.5) is 10.7 Å². The van der Waals surface area contributed by atoms with Crippen LogP contribution in [0.1, 0.15) is 74.7 Å². The maximum Gasteiger partial charge on any atom is 0.324 e. The Morgan fingerprint density at radius 2 is 1.81 bits per heavy atom. The molecule has 0 bridgehead atoms.